The smallest absolute Gasteiger partial charge is 0.329 e. The van der Waals surface area contributed by atoms with Crippen LogP contribution in [-0.2, 0) is 40.6 Å². The lowest BCUT2D eigenvalue weighted by atomic mass is 9.77. The molecule has 4 fully saturated rings. The summed E-state index contributed by atoms with van der Waals surface area (Å²) in [5, 5.41) is 8.34. The molecule has 5 atom stereocenters. The third-order valence-corrected chi connectivity index (χ3v) is 14.9. The summed E-state index contributed by atoms with van der Waals surface area (Å²) in [6.45, 7) is 2.55. The molecule has 16 heteroatoms. The van der Waals surface area contributed by atoms with Crippen molar-refractivity contribution >= 4 is 52.4 Å². The van der Waals surface area contributed by atoms with Crippen LogP contribution in [0, 0.1) is 11.8 Å². The van der Waals surface area contributed by atoms with Gasteiger partial charge in [0.1, 0.15) is 18.1 Å². The van der Waals surface area contributed by atoms with Gasteiger partial charge in [-0.25, -0.2) is 4.79 Å². The minimum absolute atomic E-state index is 0.00464. The fourth-order valence-corrected chi connectivity index (χ4v) is 11.1. The molecule has 0 bridgehead atoms. The highest BCUT2D eigenvalue weighted by molar-refractivity contribution is 6.00. The van der Waals surface area contributed by atoms with E-state index < -0.39 is 53.7 Å². The van der Waals surface area contributed by atoms with E-state index in [1.54, 1.807) is 23.4 Å². The van der Waals surface area contributed by atoms with E-state index >= 15 is 0 Å². The number of aromatic nitrogens is 2. The number of fused-ring (bicyclic) bond motifs is 2. The molecule has 4 heterocycles. The minimum atomic E-state index is -1.07. The van der Waals surface area contributed by atoms with Crippen molar-refractivity contribution in [1.29, 1.82) is 0 Å². The summed E-state index contributed by atoms with van der Waals surface area (Å²) in [6.07, 6.45) is 8.08. The summed E-state index contributed by atoms with van der Waals surface area (Å²) in [5.74, 6) is -2.13. The lowest BCUT2D eigenvalue weighted by Crippen LogP contribution is -2.57. The van der Waals surface area contributed by atoms with Gasteiger partial charge in [-0.3, -0.25) is 48.0 Å². The Hall–Kier alpha value is -6.58. The van der Waals surface area contributed by atoms with Crippen molar-refractivity contribution in [3.8, 4) is 0 Å². The number of imide groups is 1. The van der Waals surface area contributed by atoms with Gasteiger partial charge >= 0.3 is 5.69 Å². The largest absolute Gasteiger partial charge is 0.370 e. The number of benzene rings is 3. The molecule has 1 aromatic heterocycles. The first-order valence-electron chi connectivity index (χ1n) is 24.4. The highest BCUT2D eigenvalue weighted by atomic mass is 16.2. The normalized spacial score (nSPS) is 23.7. The van der Waals surface area contributed by atoms with Gasteiger partial charge in [-0.05, 0) is 111 Å². The van der Waals surface area contributed by atoms with Gasteiger partial charge in [-0.15, -0.1) is 0 Å². The summed E-state index contributed by atoms with van der Waals surface area (Å²) in [7, 11) is 1.72. The number of nitrogens with zero attached hydrogens (tertiary/aromatic N) is 4. The van der Waals surface area contributed by atoms with Crippen LogP contribution in [0.5, 0.6) is 0 Å². The second-order valence-corrected chi connectivity index (χ2v) is 19.4. The maximum atomic E-state index is 14.1. The van der Waals surface area contributed by atoms with Gasteiger partial charge in [-0.2, -0.15) is 0 Å². The number of nitrogens with one attached hydrogen (secondary N) is 3. The van der Waals surface area contributed by atoms with Crippen molar-refractivity contribution in [3.63, 3.8) is 0 Å². The monoisotopic (exact) mass is 928 g/mol. The fourth-order valence-electron chi connectivity index (χ4n) is 11.1. The minimum Gasteiger partial charge on any atom is -0.370 e. The van der Waals surface area contributed by atoms with E-state index in [2.05, 4.69) is 28.1 Å². The van der Waals surface area contributed by atoms with Gasteiger partial charge in [0.05, 0.1) is 23.0 Å². The van der Waals surface area contributed by atoms with Crippen LogP contribution in [0.2, 0.25) is 0 Å². The van der Waals surface area contributed by atoms with Gasteiger partial charge in [0.15, 0.2) is 0 Å². The van der Waals surface area contributed by atoms with Crippen LogP contribution in [0.1, 0.15) is 132 Å². The van der Waals surface area contributed by atoms with Crippen molar-refractivity contribution in [3.05, 3.63) is 106 Å². The number of aryl methyl sites for hydroxylation is 1. The molecule has 68 heavy (non-hydrogen) atoms. The topological polar surface area (TPSA) is 215 Å². The molecule has 1 aliphatic carbocycles. The summed E-state index contributed by atoms with van der Waals surface area (Å²) in [6, 6.07) is 21.7. The SMILES string of the molecule is C[C@H]1CN(C(=O)CCC[C@H]2CC[C@@H](c3ccc4c(c3)n(C)c(=O)n4C3CCC(=O)NC3=O)CC2)CC[C@H]2CC[C@@H](C(=O)N[C@@H](CCC(N)=O)C(=O)NC(c3ccccc3)c3ccccc3)N2C1=O. The molecule has 3 aromatic carbocycles. The Balaban J connectivity index is 0.824. The molecular weight excluding hydrogens is 865 g/mol. The standard InChI is InChI=1S/C52H64N8O8/c1-32-31-58(46(63)15-9-10-33-16-18-34(19-17-33)37-20-23-40-43(30-37)57(2)52(68)60(40)42-25-27-45(62)55-50(42)66)29-28-38-21-24-41(59(38)51(32)67)49(65)54-39(22-26-44(53)61)48(64)56-47(35-11-5-3-6-12-35)36-13-7-4-8-14-36/h3-8,11-14,20,23,30,32-34,38-39,41-42,47H,9-10,15-19,21-22,24-29,31H2,1-2H3,(H2,53,61)(H,54,65)(H,56,64)(H,55,62,66)/t32-,33-,34+,38+,39-,41-,42?/m0/s1. The number of piperidine rings is 1. The predicted molar refractivity (Wildman–Crippen MR) is 254 cm³/mol. The quantitative estimate of drug-likeness (QED) is 0.123. The summed E-state index contributed by atoms with van der Waals surface area (Å²) in [4.78, 5) is 109. The van der Waals surface area contributed by atoms with E-state index in [1.165, 1.54) is 10.1 Å². The molecule has 4 aliphatic rings. The summed E-state index contributed by atoms with van der Waals surface area (Å²) >= 11 is 0. The van der Waals surface area contributed by atoms with Crippen LogP contribution < -0.4 is 27.4 Å². The number of hydrogen-bond acceptors (Lipinski definition) is 8. The highest BCUT2D eigenvalue weighted by Gasteiger charge is 2.45. The van der Waals surface area contributed by atoms with Crippen LogP contribution in [0.15, 0.2) is 83.7 Å². The average Bonchev–Trinajstić information content (AvgIpc) is 3.87. The van der Waals surface area contributed by atoms with Crippen molar-refractivity contribution in [2.45, 2.75) is 133 Å². The third kappa shape index (κ3) is 10.6. The molecule has 8 rings (SSSR count). The highest BCUT2D eigenvalue weighted by Crippen LogP contribution is 2.39. The Kier molecular flexibility index (Phi) is 14.9. The van der Waals surface area contributed by atoms with Crippen molar-refractivity contribution in [2.75, 3.05) is 13.1 Å². The van der Waals surface area contributed by atoms with Crippen molar-refractivity contribution < 1.29 is 33.6 Å². The number of amides is 7. The first-order valence-corrected chi connectivity index (χ1v) is 24.4. The molecule has 1 saturated carbocycles. The zero-order valence-electron chi connectivity index (χ0n) is 39.1. The Labute approximate surface area is 396 Å². The van der Waals surface area contributed by atoms with Gasteiger partial charge in [0.25, 0.3) is 0 Å². The van der Waals surface area contributed by atoms with E-state index in [1.807, 2.05) is 71.6 Å². The summed E-state index contributed by atoms with van der Waals surface area (Å²) < 4.78 is 3.09. The van der Waals surface area contributed by atoms with Crippen molar-refractivity contribution in [1.82, 2.24) is 34.9 Å². The Morgan fingerprint density at radius 2 is 1.49 bits per heavy atom. The number of rotatable bonds is 15. The number of carbonyl (C=O) groups excluding carboxylic acids is 7. The van der Waals surface area contributed by atoms with Gasteiger partial charge in [0, 0.05) is 45.4 Å². The molecular formula is C52H64N8O8. The molecule has 360 valence electrons. The molecule has 4 aromatic rings. The molecule has 16 nitrogen and oxygen atoms in total. The first kappa shape index (κ1) is 47.9. The zero-order valence-corrected chi connectivity index (χ0v) is 39.1. The Bertz CT molecular complexity index is 2550. The number of carbonyl (C=O) groups is 7. The second-order valence-electron chi connectivity index (χ2n) is 19.4. The molecule has 7 amide bonds. The summed E-state index contributed by atoms with van der Waals surface area (Å²) in [5.41, 5.74) is 9.54. The number of nitrogens with two attached hydrogens (primary N) is 1. The lowest BCUT2D eigenvalue weighted by Gasteiger charge is -2.38. The van der Waals surface area contributed by atoms with Crippen LogP contribution in [0.25, 0.3) is 11.0 Å². The van der Waals surface area contributed by atoms with Gasteiger partial charge in [-0.1, -0.05) is 73.7 Å². The van der Waals surface area contributed by atoms with Crippen LogP contribution >= 0.6 is 0 Å². The van der Waals surface area contributed by atoms with Crippen LogP contribution in [0.3, 0.4) is 0 Å². The third-order valence-electron chi connectivity index (χ3n) is 14.9. The van der Waals surface area contributed by atoms with Crippen LogP contribution in [-0.4, -0.2) is 91.5 Å². The molecule has 1 unspecified atom stereocenters. The second kappa shape index (κ2) is 21.2. The van der Waals surface area contributed by atoms with Gasteiger partial charge in [0.2, 0.25) is 41.4 Å². The Morgan fingerprint density at radius 3 is 2.15 bits per heavy atom. The van der Waals surface area contributed by atoms with E-state index in [9.17, 15) is 38.4 Å². The van der Waals surface area contributed by atoms with E-state index in [-0.39, 0.29) is 55.3 Å². The van der Waals surface area contributed by atoms with Crippen molar-refractivity contribution in [2.24, 2.45) is 24.6 Å². The van der Waals surface area contributed by atoms with E-state index in [0.29, 0.717) is 56.0 Å². The number of hydrogen-bond donors (Lipinski definition) is 4. The first-order chi connectivity index (χ1) is 32.8. The zero-order chi connectivity index (χ0) is 48.1. The molecule has 3 saturated heterocycles. The maximum Gasteiger partial charge on any atom is 0.329 e. The molecule has 0 spiro atoms. The Morgan fingerprint density at radius 1 is 0.794 bits per heavy atom. The number of primary amides is 1. The lowest BCUT2D eigenvalue weighted by molar-refractivity contribution is -0.147. The van der Waals surface area contributed by atoms with Crippen LogP contribution in [0.4, 0.5) is 0 Å². The predicted octanol–water partition coefficient (Wildman–Crippen LogP) is 4.65. The maximum absolute atomic E-state index is 14.1. The number of imidazole rings is 1. The van der Waals surface area contributed by atoms with Gasteiger partial charge < -0.3 is 26.2 Å². The van der Waals surface area contributed by atoms with E-state index in [4.69, 9.17) is 5.73 Å². The molecule has 3 aliphatic heterocycles. The van der Waals surface area contributed by atoms with E-state index in [0.717, 1.165) is 55.2 Å². The molecule has 0 radical (unpaired) electrons. The molecule has 5 N–H and O–H groups in total. The fraction of sp³-hybridized carbons (Fsp3) is 0.500. The average molecular weight is 929 g/mol.